The van der Waals surface area contributed by atoms with Gasteiger partial charge in [0.05, 0.1) is 50.4 Å². The number of nitrogens with zero attached hydrogens (tertiary/aromatic N) is 4. The number of pyridine rings is 3. The van der Waals surface area contributed by atoms with Gasteiger partial charge in [-0.1, -0.05) is 18.2 Å². The smallest absolute Gasteiger partial charge is 0.255 e. The van der Waals surface area contributed by atoms with Crippen molar-refractivity contribution in [2.45, 2.75) is 6.92 Å². The molecule has 0 bridgehead atoms. The van der Waals surface area contributed by atoms with Gasteiger partial charge in [-0.15, -0.1) is 11.3 Å². The Kier molecular flexibility index (Phi) is 5.94. The molecule has 0 aliphatic carbocycles. The zero-order chi connectivity index (χ0) is 27.9. The number of carbonyl (C=O) groups is 2. The van der Waals surface area contributed by atoms with Crippen LogP contribution in [0.1, 0.15) is 27.0 Å². The number of anilines is 1. The third-order valence-electron chi connectivity index (χ3n) is 6.76. The number of ketones is 1. The highest BCUT2D eigenvalue weighted by Crippen LogP contribution is 2.36. The average Bonchev–Trinajstić information content (AvgIpc) is 3.75. The van der Waals surface area contributed by atoms with Crippen LogP contribution in [0.15, 0.2) is 91.5 Å². The van der Waals surface area contributed by atoms with Gasteiger partial charge < -0.3 is 10.3 Å². The second-order valence-corrected chi connectivity index (χ2v) is 10.6. The second kappa shape index (κ2) is 9.92. The lowest BCUT2D eigenvalue weighted by molar-refractivity contribution is 0.101. The number of amides is 1. The van der Waals surface area contributed by atoms with E-state index < -0.39 is 0 Å². The van der Waals surface area contributed by atoms with E-state index in [0.29, 0.717) is 21.8 Å². The highest BCUT2D eigenvalue weighted by Gasteiger charge is 2.17. The number of Topliss-reactive ketones (excluding diaryl/α,β-unsaturated/α-hetero) is 1. The molecule has 7 rings (SSSR count). The minimum atomic E-state index is -0.210. The first kappa shape index (κ1) is 24.6. The topological polar surface area (TPSA) is 129 Å². The largest absolute Gasteiger partial charge is 0.353 e. The van der Waals surface area contributed by atoms with Gasteiger partial charge in [-0.2, -0.15) is 5.10 Å². The Labute approximate surface area is 237 Å². The molecule has 6 heterocycles. The highest BCUT2D eigenvalue weighted by molar-refractivity contribution is 7.17. The summed E-state index contributed by atoms with van der Waals surface area (Å²) in [5.74, 6) is -0.173. The van der Waals surface area contributed by atoms with Crippen molar-refractivity contribution in [1.29, 1.82) is 0 Å². The van der Waals surface area contributed by atoms with Crippen molar-refractivity contribution in [2.75, 3.05) is 5.32 Å². The summed E-state index contributed by atoms with van der Waals surface area (Å²) >= 11 is 1.43. The van der Waals surface area contributed by atoms with Crippen LogP contribution in [0.2, 0.25) is 0 Å². The lowest BCUT2D eigenvalue weighted by Crippen LogP contribution is -2.11. The van der Waals surface area contributed by atoms with Crippen molar-refractivity contribution in [1.82, 2.24) is 30.1 Å². The van der Waals surface area contributed by atoms with Crippen molar-refractivity contribution in [2.24, 2.45) is 0 Å². The van der Waals surface area contributed by atoms with Crippen LogP contribution in [-0.2, 0) is 0 Å². The Morgan fingerprint density at radius 1 is 0.854 bits per heavy atom. The van der Waals surface area contributed by atoms with Crippen LogP contribution in [0.4, 0.5) is 5.69 Å². The van der Waals surface area contributed by atoms with Crippen LogP contribution in [0.3, 0.4) is 0 Å². The van der Waals surface area contributed by atoms with E-state index in [9.17, 15) is 9.59 Å². The van der Waals surface area contributed by atoms with Crippen molar-refractivity contribution in [3.05, 3.63) is 102 Å². The van der Waals surface area contributed by atoms with E-state index in [1.54, 1.807) is 43.8 Å². The van der Waals surface area contributed by atoms with E-state index >= 15 is 0 Å². The van der Waals surface area contributed by atoms with Crippen molar-refractivity contribution in [3.63, 3.8) is 0 Å². The molecule has 0 aliphatic heterocycles. The molecule has 0 atom stereocenters. The van der Waals surface area contributed by atoms with Crippen LogP contribution in [0.5, 0.6) is 0 Å². The van der Waals surface area contributed by atoms with E-state index in [-0.39, 0.29) is 11.7 Å². The molecule has 41 heavy (non-hydrogen) atoms. The molecule has 3 N–H and O–H groups in total. The summed E-state index contributed by atoms with van der Waals surface area (Å²) in [4.78, 5) is 43.1. The van der Waals surface area contributed by atoms with E-state index in [1.165, 1.54) is 11.3 Å². The van der Waals surface area contributed by atoms with E-state index in [0.717, 1.165) is 49.3 Å². The van der Waals surface area contributed by atoms with Gasteiger partial charge in [-0.05, 0) is 55.5 Å². The predicted molar refractivity (Wildman–Crippen MR) is 160 cm³/mol. The Hall–Kier alpha value is -5.48. The summed E-state index contributed by atoms with van der Waals surface area (Å²) in [7, 11) is 0. The molecular formula is C31H21N7O2S. The number of aromatic nitrogens is 6. The lowest BCUT2D eigenvalue weighted by Gasteiger charge is -2.07. The second-order valence-electron chi connectivity index (χ2n) is 9.49. The molecule has 0 unspecified atom stereocenters. The van der Waals surface area contributed by atoms with Gasteiger partial charge in [0, 0.05) is 39.8 Å². The van der Waals surface area contributed by atoms with Crippen molar-refractivity contribution < 1.29 is 9.59 Å². The fourth-order valence-electron chi connectivity index (χ4n) is 4.75. The molecule has 0 fully saturated rings. The first-order chi connectivity index (χ1) is 20.0. The van der Waals surface area contributed by atoms with Crippen LogP contribution in [0.25, 0.3) is 55.0 Å². The molecule has 0 radical (unpaired) electrons. The molecule has 1 aromatic carbocycles. The minimum Gasteiger partial charge on any atom is -0.353 e. The summed E-state index contributed by atoms with van der Waals surface area (Å²) in [6, 6.07) is 20.5. The molecule has 7 aromatic rings. The number of benzene rings is 1. The van der Waals surface area contributed by atoms with Gasteiger partial charge in [0.2, 0.25) is 0 Å². The molecular weight excluding hydrogens is 534 g/mol. The van der Waals surface area contributed by atoms with Gasteiger partial charge in [0.25, 0.3) is 5.91 Å². The number of nitrogens with one attached hydrogen (secondary N) is 3. The van der Waals surface area contributed by atoms with Crippen LogP contribution >= 0.6 is 11.3 Å². The third kappa shape index (κ3) is 4.56. The number of thiophene rings is 1. The monoisotopic (exact) mass is 555 g/mol. The predicted octanol–water partition coefficient (Wildman–Crippen LogP) is 6.75. The van der Waals surface area contributed by atoms with Gasteiger partial charge in [-0.3, -0.25) is 29.6 Å². The van der Waals surface area contributed by atoms with Crippen LogP contribution in [0, 0.1) is 0 Å². The number of hydrogen-bond acceptors (Lipinski definition) is 7. The Morgan fingerprint density at radius 3 is 2.54 bits per heavy atom. The van der Waals surface area contributed by atoms with Crippen LogP contribution in [-0.4, -0.2) is 41.8 Å². The summed E-state index contributed by atoms with van der Waals surface area (Å²) in [6.07, 6.45) is 6.81. The SMILES string of the molecule is CC(=O)c1ccc(-c2nccc3[nH]c(-c4n[nH]c5cnc(-c6cncc(NC(=O)c7ccccc7)c6)cc45)cc23)s1. The molecule has 0 saturated heterocycles. The maximum atomic E-state index is 12.6. The quantitative estimate of drug-likeness (QED) is 0.195. The molecule has 0 spiro atoms. The molecule has 1 amide bonds. The van der Waals surface area contributed by atoms with Gasteiger partial charge in [0.1, 0.15) is 5.69 Å². The number of fused-ring (bicyclic) bond motifs is 2. The summed E-state index contributed by atoms with van der Waals surface area (Å²) < 4.78 is 0. The Morgan fingerprint density at radius 2 is 1.71 bits per heavy atom. The number of rotatable bonds is 6. The number of aromatic amines is 2. The van der Waals surface area contributed by atoms with Crippen molar-refractivity contribution in [3.8, 4) is 33.2 Å². The van der Waals surface area contributed by atoms with Gasteiger partial charge in [-0.25, -0.2) is 0 Å². The molecule has 9 nitrogen and oxygen atoms in total. The fourth-order valence-corrected chi connectivity index (χ4v) is 5.67. The lowest BCUT2D eigenvalue weighted by atomic mass is 10.1. The molecule has 198 valence electrons. The summed E-state index contributed by atoms with van der Waals surface area (Å²) in [5, 5.41) is 12.4. The first-order valence-electron chi connectivity index (χ1n) is 12.8. The molecule has 0 aliphatic rings. The first-order valence-corrected chi connectivity index (χ1v) is 13.6. The maximum Gasteiger partial charge on any atom is 0.255 e. The Bertz CT molecular complexity index is 2090. The zero-order valence-electron chi connectivity index (χ0n) is 21.7. The maximum absolute atomic E-state index is 12.6. The van der Waals surface area contributed by atoms with E-state index in [1.807, 2.05) is 54.6 Å². The highest BCUT2D eigenvalue weighted by atomic mass is 32.1. The van der Waals surface area contributed by atoms with Crippen LogP contribution < -0.4 is 5.32 Å². The molecule has 0 saturated carbocycles. The van der Waals surface area contributed by atoms with E-state index in [4.69, 9.17) is 0 Å². The normalized spacial score (nSPS) is 11.2. The Balaban J connectivity index is 1.24. The standard InChI is InChI=1S/C31H21N7O2S/c1-17(39)27-7-8-28(41-27)30-21-13-25(36-23(21)9-10-33-30)29-22-12-24(34-16-26(22)37-38-29)19-11-20(15-32-14-19)35-31(40)18-5-3-2-4-6-18/h2-16,36H,1H3,(H,35,40)(H,37,38). The summed E-state index contributed by atoms with van der Waals surface area (Å²) in [6.45, 7) is 1.57. The third-order valence-corrected chi connectivity index (χ3v) is 7.96. The molecule has 6 aromatic heterocycles. The number of hydrogen-bond donors (Lipinski definition) is 3. The minimum absolute atomic E-state index is 0.0369. The summed E-state index contributed by atoms with van der Waals surface area (Å²) in [5.41, 5.74) is 6.66. The number of carbonyl (C=O) groups excluding carboxylic acids is 2. The average molecular weight is 556 g/mol. The van der Waals surface area contributed by atoms with E-state index in [2.05, 4.69) is 35.5 Å². The fraction of sp³-hybridized carbons (Fsp3) is 0.0323. The molecule has 10 heteroatoms. The van der Waals surface area contributed by atoms with Gasteiger partial charge >= 0.3 is 0 Å². The van der Waals surface area contributed by atoms with Crippen molar-refractivity contribution >= 4 is 50.5 Å². The van der Waals surface area contributed by atoms with Gasteiger partial charge in [0.15, 0.2) is 5.78 Å². The zero-order valence-corrected chi connectivity index (χ0v) is 22.5. The number of H-pyrrole nitrogens is 2.